The number of rotatable bonds is 4. The van der Waals surface area contributed by atoms with E-state index in [1.54, 1.807) is 11.3 Å². The van der Waals surface area contributed by atoms with Crippen molar-refractivity contribution in [2.45, 2.75) is 19.8 Å². The van der Waals surface area contributed by atoms with Gasteiger partial charge in [0, 0.05) is 6.54 Å². The van der Waals surface area contributed by atoms with E-state index in [2.05, 4.69) is 62.1 Å². The van der Waals surface area contributed by atoms with E-state index in [9.17, 15) is 0 Å². The van der Waals surface area contributed by atoms with Crippen LogP contribution in [-0.2, 0) is 0 Å². The minimum atomic E-state index is 0.566. The predicted octanol–water partition coefficient (Wildman–Crippen LogP) is 3.78. The van der Waals surface area contributed by atoms with Crippen LogP contribution in [0.2, 0.25) is 0 Å². The Hall–Kier alpha value is -1.19. The van der Waals surface area contributed by atoms with E-state index in [4.69, 9.17) is 0 Å². The minimum absolute atomic E-state index is 0.566. The van der Waals surface area contributed by atoms with E-state index in [0.29, 0.717) is 5.92 Å². The second kappa shape index (κ2) is 5.63. The van der Waals surface area contributed by atoms with Gasteiger partial charge in [-0.05, 0) is 38.1 Å². The fraction of sp³-hybridized carbons (Fsp3) is 0.400. The lowest BCUT2D eigenvalue weighted by molar-refractivity contribution is 0.383. The lowest BCUT2D eigenvalue weighted by Gasteiger charge is -2.17. The highest BCUT2D eigenvalue weighted by molar-refractivity contribution is 7.13. The summed E-state index contributed by atoms with van der Waals surface area (Å²) in [7, 11) is 4.23. The minimum Gasteiger partial charge on any atom is -0.309 e. The summed E-state index contributed by atoms with van der Waals surface area (Å²) in [4.78, 5) is 7.81. The fourth-order valence-electron chi connectivity index (χ4n) is 2.20. The molecule has 0 bridgehead atoms. The van der Waals surface area contributed by atoms with Gasteiger partial charge in [-0.3, -0.25) is 0 Å². The number of aromatic nitrogens is 1. The van der Waals surface area contributed by atoms with Gasteiger partial charge in [0.1, 0.15) is 0 Å². The lowest BCUT2D eigenvalue weighted by atomic mass is 9.99. The van der Waals surface area contributed by atoms with Gasteiger partial charge in [0.2, 0.25) is 0 Å². The summed E-state index contributed by atoms with van der Waals surface area (Å²) in [6.07, 6.45) is 0. The molecule has 0 saturated heterocycles. The summed E-state index contributed by atoms with van der Waals surface area (Å²) in [5.41, 5.74) is 5.70. The van der Waals surface area contributed by atoms with Crippen molar-refractivity contribution in [1.82, 2.24) is 9.88 Å². The number of hydrogen-bond acceptors (Lipinski definition) is 3. The van der Waals surface area contributed by atoms with Crippen LogP contribution in [0.5, 0.6) is 0 Å². The van der Waals surface area contributed by atoms with Crippen molar-refractivity contribution >= 4 is 11.3 Å². The van der Waals surface area contributed by atoms with Crippen LogP contribution in [0.25, 0.3) is 10.4 Å². The quantitative estimate of drug-likeness (QED) is 0.831. The molecule has 96 valence electrons. The zero-order chi connectivity index (χ0) is 13.1. The number of aryl methyl sites for hydroxylation is 1. The Bertz CT molecular complexity index is 499. The van der Waals surface area contributed by atoms with E-state index in [0.717, 1.165) is 12.2 Å². The molecule has 1 aromatic carbocycles. The maximum atomic E-state index is 4.30. The van der Waals surface area contributed by atoms with Gasteiger partial charge < -0.3 is 4.90 Å². The van der Waals surface area contributed by atoms with Gasteiger partial charge >= 0.3 is 0 Å². The Morgan fingerprint density at radius 2 is 1.89 bits per heavy atom. The van der Waals surface area contributed by atoms with Gasteiger partial charge in [0.05, 0.1) is 16.1 Å². The lowest BCUT2D eigenvalue weighted by Crippen LogP contribution is -2.18. The van der Waals surface area contributed by atoms with E-state index < -0.39 is 0 Å². The zero-order valence-corrected chi connectivity index (χ0v) is 12.3. The molecule has 0 spiro atoms. The van der Waals surface area contributed by atoms with Crippen molar-refractivity contribution in [2.75, 3.05) is 20.6 Å². The van der Waals surface area contributed by atoms with Gasteiger partial charge in [-0.25, -0.2) is 4.98 Å². The summed E-state index contributed by atoms with van der Waals surface area (Å²) < 4.78 is 0. The summed E-state index contributed by atoms with van der Waals surface area (Å²) in [6, 6.07) is 8.90. The molecule has 0 aliphatic carbocycles. The van der Waals surface area contributed by atoms with Gasteiger partial charge in [0.15, 0.2) is 0 Å². The van der Waals surface area contributed by atoms with E-state index in [-0.39, 0.29) is 0 Å². The standard InChI is InChI=1S/C15H20N2S/c1-11(9-17(3)4)13-5-7-14(8-6-13)15-12(2)16-10-18-15/h5-8,10-11H,9H2,1-4H3/t11-/m0/s1. The Kier molecular flexibility index (Phi) is 4.15. The highest BCUT2D eigenvalue weighted by Crippen LogP contribution is 2.28. The smallest absolute Gasteiger partial charge is 0.0801 e. The largest absolute Gasteiger partial charge is 0.309 e. The molecule has 0 aliphatic heterocycles. The Balaban J connectivity index is 2.18. The van der Waals surface area contributed by atoms with E-state index in [1.807, 2.05) is 5.51 Å². The highest BCUT2D eigenvalue weighted by Gasteiger charge is 2.08. The number of likely N-dealkylation sites (N-methyl/N-ethyl adjacent to an activating group) is 1. The van der Waals surface area contributed by atoms with Crippen molar-refractivity contribution in [3.05, 3.63) is 41.0 Å². The molecule has 3 heteroatoms. The molecule has 2 rings (SSSR count). The monoisotopic (exact) mass is 260 g/mol. The highest BCUT2D eigenvalue weighted by atomic mass is 32.1. The Labute approximate surface area is 113 Å². The van der Waals surface area contributed by atoms with Gasteiger partial charge in [0.25, 0.3) is 0 Å². The first-order chi connectivity index (χ1) is 8.58. The van der Waals surface area contributed by atoms with Crippen molar-refractivity contribution in [3.63, 3.8) is 0 Å². The molecule has 18 heavy (non-hydrogen) atoms. The van der Waals surface area contributed by atoms with Crippen molar-refractivity contribution in [2.24, 2.45) is 0 Å². The topological polar surface area (TPSA) is 16.1 Å². The Morgan fingerprint density at radius 1 is 1.22 bits per heavy atom. The molecule has 2 nitrogen and oxygen atoms in total. The molecular weight excluding hydrogens is 240 g/mol. The van der Waals surface area contributed by atoms with Crippen LogP contribution in [0.15, 0.2) is 29.8 Å². The van der Waals surface area contributed by atoms with Crippen molar-refractivity contribution in [3.8, 4) is 10.4 Å². The average molecular weight is 260 g/mol. The SMILES string of the molecule is Cc1ncsc1-c1ccc([C@@H](C)CN(C)C)cc1. The van der Waals surface area contributed by atoms with Crippen LogP contribution in [0.3, 0.4) is 0 Å². The average Bonchev–Trinajstić information content (AvgIpc) is 2.75. The van der Waals surface area contributed by atoms with Crippen LogP contribution in [0.1, 0.15) is 24.1 Å². The van der Waals surface area contributed by atoms with Crippen molar-refractivity contribution < 1.29 is 0 Å². The summed E-state index contributed by atoms with van der Waals surface area (Å²) in [5.74, 6) is 0.566. The molecule has 2 aromatic rings. The first kappa shape index (κ1) is 13.2. The normalized spacial score (nSPS) is 12.9. The van der Waals surface area contributed by atoms with Crippen molar-refractivity contribution in [1.29, 1.82) is 0 Å². The third-order valence-electron chi connectivity index (χ3n) is 3.13. The summed E-state index contributed by atoms with van der Waals surface area (Å²) in [6.45, 7) is 5.42. The maximum Gasteiger partial charge on any atom is 0.0801 e. The van der Waals surface area contributed by atoms with Crippen LogP contribution in [-0.4, -0.2) is 30.5 Å². The predicted molar refractivity (Wildman–Crippen MR) is 79.3 cm³/mol. The molecule has 1 heterocycles. The summed E-state index contributed by atoms with van der Waals surface area (Å²) in [5, 5.41) is 0. The van der Waals surface area contributed by atoms with E-state index in [1.165, 1.54) is 16.0 Å². The van der Waals surface area contributed by atoms with Gasteiger partial charge in [-0.2, -0.15) is 0 Å². The molecule has 0 fully saturated rings. The van der Waals surface area contributed by atoms with E-state index >= 15 is 0 Å². The third-order valence-corrected chi connectivity index (χ3v) is 4.10. The third kappa shape index (κ3) is 2.98. The van der Waals surface area contributed by atoms with Crippen LogP contribution >= 0.6 is 11.3 Å². The molecule has 0 saturated carbocycles. The molecule has 0 unspecified atom stereocenters. The number of nitrogens with zero attached hydrogens (tertiary/aromatic N) is 2. The van der Waals surface area contributed by atoms with Crippen LogP contribution in [0, 0.1) is 6.92 Å². The second-order valence-corrected chi connectivity index (χ2v) is 5.91. The maximum absolute atomic E-state index is 4.30. The number of hydrogen-bond donors (Lipinski definition) is 0. The van der Waals surface area contributed by atoms with Crippen LogP contribution < -0.4 is 0 Å². The molecule has 0 N–H and O–H groups in total. The molecule has 1 aromatic heterocycles. The zero-order valence-electron chi connectivity index (χ0n) is 11.5. The molecular formula is C15H20N2S. The second-order valence-electron chi connectivity index (χ2n) is 5.05. The van der Waals surface area contributed by atoms with Gasteiger partial charge in [-0.15, -0.1) is 11.3 Å². The molecule has 0 amide bonds. The van der Waals surface area contributed by atoms with Gasteiger partial charge in [-0.1, -0.05) is 31.2 Å². The first-order valence-corrected chi connectivity index (χ1v) is 7.11. The number of thiazole rings is 1. The fourth-order valence-corrected chi connectivity index (χ4v) is 3.01. The Morgan fingerprint density at radius 3 is 2.39 bits per heavy atom. The molecule has 0 radical (unpaired) electrons. The number of benzene rings is 1. The summed E-state index contributed by atoms with van der Waals surface area (Å²) >= 11 is 1.71. The molecule has 0 aliphatic rings. The molecule has 1 atom stereocenters. The first-order valence-electron chi connectivity index (χ1n) is 6.23. The van der Waals surface area contributed by atoms with Crippen LogP contribution in [0.4, 0.5) is 0 Å².